The van der Waals surface area contributed by atoms with Gasteiger partial charge < -0.3 is 10.1 Å². The van der Waals surface area contributed by atoms with Crippen LogP contribution in [0.4, 0.5) is 0 Å². The van der Waals surface area contributed by atoms with E-state index in [0.717, 1.165) is 35.4 Å². The summed E-state index contributed by atoms with van der Waals surface area (Å²) < 4.78 is 7.07. The molecule has 2 aromatic carbocycles. The quantitative estimate of drug-likeness (QED) is 0.420. The van der Waals surface area contributed by atoms with Gasteiger partial charge in [0, 0.05) is 24.4 Å². The van der Waals surface area contributed by atoms with Crippen LogP contribution in [0.15, 0.2) is 60.8 Å². The molecule has 0 radical (unpaired) electrons. The second-order valence-electron chi connectivity index (χ2n) is 7.43. The van der Waals surface area contributed by atoms with Crippen LogP contribution in [0.25, 0.3) is 16.8 Å². The van der Waals surface area contributed by atoms with E-state index in [1.165, 1.54) is 25.7 Å². The standard InChI is InChI=1S/C25H31N3O2/c1-3-4-5-6-7-11-17-26-25(29)24-23(20-13-9-8-10-14-20)19-28(27-24)21-15-12-16-22(18-21)30-2/h8-10,12-16,18-19H,3-7,11,17H2,1-2H3,(H,26,29). The predicted octanol–water partition coefficient (Wildman–Crippen LogP) is 5.64. The van der Waals surface area contributed by atoms with Gasteiger partial charge in [0.15, 0.2) is 5.69 Å². The van der Waals surface area contributed by atoms with Crippen molar-refractivity contribution in [3.05, 3.63) is 66.5 Å². The van der Waals surface area contributed by atoms with Crippen LogP contribution in [-0.2, 0) is 0 Å². The van der Waals surface area contributed by atoms with Crippen molar-refractivity contribution in [1.82, 2.24) is 15.1 Å². The van der Waals surface area contributed by atoms with Crippen LogP contribution in [-0.4, -0.2) is 29.3 Å². The Balaban J connectivity index is 1.76. The molecule has 0 saturated carbocycles. The summed E-state index contributed by atoms with van der Waals surface area (Å²) in [7, 11) is 1.64. The number of benzene rings is 2. The average Bonchev–Trinajstić information content (AvgIpc) is 3.25. The fourth-order valence-corrected chi connectivity index (χ4v) is 3.45. The highest BCUT2D eigenvalue weighted by atomic mass is 16.5. The van der Waals surface area contributed by atoms with Crippen molar-refractivity contribution < 1.29 is 9.53 Å². The van der Waals surface area contributed by atoms with E-state index in [0.29, 0.717) is 12.2 Å². The van der Waals surface area contributed by atoms with E-state index in [4.69, 9.17) is 4.74 Å². The molecule has 0 bridgehead atoms. The number of hydrogen-bond donors (Lipinski definition) is 1. The fraction of sp³-hybridized carbons (Fsp3) is 0.360. The Kier molecular flexibility index (Phi) is 8.07. The lowest BCUT2D eigenvalue weighted by atomic mass is 10.1. The summed E-state index contributed by atoms with van der Waals surface area (Å²) in [6.07, 6.45) is 9.07. The Morgan fingerprint density at radius 2 is 1.77 bits per heavy atom. The highest BCUT2D eigenvalue weighted by Crippen LogP contribution is 2.25. The molecule has 0 unspecified atom stereocenters. The lowest BCUT2D eigenvalue weighted by Gasteiger charge is -2.06. The summed E-state index contributed by atoms with van der Waals surface area (Å²) in [6.45, 7) is 2.89. The smallest absolute Gasteiger partial charge is 0.272 e. The maximum Gasteiger partial charge on any atom is 0.272 e. The Morgan fingerprint density at radius 1 is 1.00 bits per heavy atom. The van der Waals surface area contributed by atoms with Gasteiger partial charge in [-0.25, -0.2) is 4.68 Å². The second kappa shape index (κ2) is 11.2. The monoisotopic (exact) mass is 405 g/mol. The minimum Gasteiger partial charge on any atom is -0.497 e. The number of hydrogen-bond acceptors (Lipinski definition) is 3. The van der Waals surface area contributed by atoms with Crippen LogP contribution >= 0.6 is 0 Å². The molecule has 0 saturated heterocycles. The Hall–Kier alpha value is -3.08. The number of amides is 1. The molecule has 0 fully saturated rings. The number of unbranched alkanes of at least 4 members (excludes halogenated alkanes) is 5. The first-order valence-corrected chi connectivity index (χ1v) is 10.8. The van der Waals surface area contributed by atoms with Crippen molar-refractivity contribution >= 4 is 5.91 Å². The summed E-state index contributed by atoms with van der Waals surface area (Å²) in [6, 6.07) is 17.5. The topological polar surface area (TPSA) is 56.2 Å². The molecule has 3 rings (SSSR count). The van der Waals surface area contributed by atoms with E-state index >= 15 is 0 Å². The average molecular weight is 406 g/mol. The lowest BCUT2D eigenvalue weighted by molar-refractivity contribution is 0.0948. The van der Waals surface area contributed by atoms with Gasteiger partial charge in [-0.1, -0.05) is 75.4 Å². The molecule has 0 atom stereocenters. The van der Waals surface area contributed by atoms with Gasteiger partial charge in [-0.2, -0.15) is 5.10 Å². The molecule has 0 spiro atoms. The number of methoxy groups -OCH3 is 1. The fourth-order valence-electron chi connectivity index (χ4n) is 3.45. The molecule has 0 aliphatic carbocycles. The van der Waals surface area contributed by atoms with E-state index in [1.54, 1.807) is 11.8 Å². The summed E-state index contributed by atoms with van der Waals surface area (Å²) in [5, 5.41) is 7.67. The molecule has 30 heavy (non-hydrogen) atoms. The first-order valence-electron chi connectivity index (χ1n) is 10.8. The number of nitrogens with zero attached hydrogens (tertiary/aromatic N) is 2. The maximum absolute atomic E-state index is 12.9. The van der Waals surface area contributed by atoms with Gasteiger partial charge in [0.05, 0.1) is 12.8 Å². The van der Waals surface area contributed by atoms with Gasteiger partial charge in [0.25, 0.3) is 5.91 Å². The van der Waals surface area contributed by atoms with Crippen molar-refractivity contribution in [3.63, 3.8) is 0 Å². The predicted molar refractivity (Wildman–Crippen MR) is 121 cm³/mol. The molecular weight excluding hydrogens is 374 g/mol. The molecule has 0 aliphatic rings. The molecule has 1 amide bonds. The Bertz CT molecular complexity index is 935. The summed E-state index contributed by atoms with van der Waals surface area (Å²) in [5.41, 5.74) is 3.08. The van der Waals surface area contributed by atoms with Gasteiger partial charge in [-0.3, -0.25) is 4.79 Å². The zero-order valence-corrected chi connectivity index (χ0v) is 17.9. The van der Waals surface area contributed by atoms with E-state index < -0.39 is 0 Å². The third-order valence-corrected chi connectivity index (χ3v) is 5.15. The Morgan fingerprint density at radius 3 is 2.53 bits per heavy atom. The molecule has 0 aliphatic heterocycles. The molecule has 158 valence electrons. The molecule has 1 heterocycles. The van der Waals surface area contributed by atoms with Crippen molar-refractivity contribution in [2.75, 3.05) is 13.7 Å². The number of rotatable bonds is 11. The highest BCUT2D eigenvalue weighted by Gasteiger charge is 2.18. The summed E-state index contributed by atoms with van der Waals surface area (Å²) >= 11 is 0. The van der Waals surface area contributed by atoms with Crippen LogP contribution < -0.4 is 10.1 Å². The number of nitrogens with one attached hydrogen (secondary N) is 1. The first kappa shape index (κ1) is 21.6. The number of ether oxygens (including phenoxy) is 1. The van der Waals surface area contributed by atoms with E-state index in [9.17, 15) is 4.79 Å². The zero-order chi connectivity index (χ0) is 21.2. The lowest BCUT2D eigenvalue weighted by Crippen LogP contribution is -2.25. The molecule has 3 aromatic rings. The minimum atomic E-state index is -0.135. The number of carbonyl (C=O) groups excluding carboxylic acids is 1. The summed E-state index contributed by atoms with van der Waals surface area (Å²) in [5.74, 6) is 0.613. The first-order chi connectivity index (χ1) is 14.7. The van der Waals surface area contributed by atoms with Crippen LogP contribution in [0, 0.1) is 0 Å². The molecule has 1 aromatic heterocycles. The second-order valence-corrected chi connectivity index (χ2v) is 7.43. The Labute approximate surface area is 179 Å². The zero-order valence-electron chi connectivity index (χ0n) is 17.9. The third kappa shape index (κ3) is 5.72. The number of aromatic nitrogens is 2. The van der Waals surface area contributed by atoms with Crippen LogP contribution in [0.1, 0.15) is 55.9 Å². The van der Waals surface area contributed by atoms with E-state index in [1.807, 2.05) is 60.8 Å². The van der Waals surface area contributed by atoms with Crippen molar-refractivity contribution in [3.8, 4) is 22.6 Å². The largest absolute Gasteiger partial charge is 0.497 e. The van der Waals surface area contributed by atoms with Gasteiger partial charge in [0.1, 0.15) is 5.75 Å². The van der Waals surface area contributed by atoms with Gasteiger partial charge in [-0.15, -0.1) is 0 Å². The van der Waals surface area contributed by atoms with Crippen molar-refractivity contribution in [2.45, 2.75) is 45.4 Å². The van der Waals surface area contributed by atoms with Crippen molar-refractivity contribution in [1.29, 1.82) is 0 Å². The van der Waals surface area contributed by atoms with Crippen LogP contribution in [0.3, 0.4) is 0 Å². The third-order valence-electron chi connectivity index (χ3n) is 5.15. The van der Waals surface area contributed by atoms with Crippen LogP contribution in [0.2, 0.25) is 0 Å². The summed E-state index contributed by atoms with van der Waals surface area (Å²) in [4.78, 5) is 12.9. The SMILES string of the molecule is CCCCCCCCNC(=O)c1nn(-c2cccc(OC)c2)cc1-c1ccccc1. The molecular formula is C25H31N3O2. The minimum absolute atomic E-state index is 0.135. The normalized spacial score (nSPS) is 10.7. The van der Waals surface area contributed by atoms with Gasteiger partial charge >= 0.3 is 0 Å². The maximum atomic E-state index is 12.9. The highest BCUT2D eigenvalue weighted by molar-refractivity contribution is 5.99. The molecule has 5 heteroatoms. The molecule has 1 N–H and O–H groups in total. The molecule has 5 nitrogen and oxygen atoms in total. The van der Waals surface area contributed by atoms with Crippen LogP contribution in [0.5, 0.6) is 5.75 Å². The van der Waals surface area contributed by atoms with E-state index in [-0.39, 0.29) is 5.91 Å². The van der Waals surface area contributed by atoms with Crippen molar-refractivity contribution in [2.24, 2.45) is 0 Å². The van der Waals surface area contributed by atoms with Gasteiger partial charge in [0.2, 0.25) is 0 Å². The van der Waals surface area contributed by atoms with E-state index in [2.05, 4.69) is 17.3 Å². The number of carbonyl (C=O) groups is 1. The van der Waals surface area contributed by atoms with Gasteiger partial charge in [-0.05, 0) is 24.1 Å².